The van der Waals surface area contributed by atoms with Crippen molar-refractivity contribution in [2.45, 2.75) is 43.7 Å². The third kappa shape index (κ3) is 3.51. The van der Waals surface area contributed by atoms with Crippen LogP contribution in [-0.2, 0) is 19.1 Å². The number of fused-ring (bicyclic) bond motifs is 1. The van der Waals surface area contributed by atoms with Crippen molar-refractivity contribution in [3.8, 4) is 5.75 Å². The van der Waals surface area contributed by atoms with Crippen LogP contribution >= 0.6 is 11.8 Å². The number of thioether (sulfide) groups is 1. The van der Waals surface area contributed by atoms with Crippen molar-refractivity contribution < 1.29 is 23.9 Å². The number of ether oxygens (including phenoxy) is 2. The van der Waals surface area contributed by atoms with Gasteiger partial charge < -0.3 is 19.7 Å². The first-order chi connectivity index (χ1) is 12.3. The lowest BCUT2D eigenvalue weighted by Crippen LogP contribution is -2.48. The molecule has 0 aliphatic carbocycles. The average molecular weight is 378 g/mol. The molecule has 140 valence electrons. The van der Waals surface area contributed by atoms with E-state index in [4.69, 9.17) is 9.47 Å². The van der Waals surface area contributed by atoms with Crippen LogP contribution in [0.3, 0.4) is 0 Å². The largest absolute Gasteiger partial charge is 0.497 e. The second-order valence-electron chi connectivity index (χ2n) is 6.56. The number of nitrogens with one attached hydrogen (secondary N) is 1. The number of rotatable bonds is 5. The standard InChI is InChI=1S/C18H22N2O5S/c1-11(16(22)19-12-4-6-13(24-3)7-5-12)25-17(23)14-10-26-18(2)9-8-15(21)20(14)18/h4-7,11,14H,8-10H2,1-3H3,(H,19,22)/t11-,14+,18-/m0/s1. The minimum Gasteiger partial charge on any atom is -0.497 e. The van der Waals surface area contributed by atoms with Crippen molar-refractivity contribution in [3.05, 3.63) is 24.3 Å². The fraction of sp³-hybridized carbons (Fsp3) is 0.500. The van der Waals surface area contributed by atoms with Gasteiger partial charge in [0.2, 0.25) is 5.91 Å². The van der Waals surface area contributed by atoms with E-state index in [-0.39, 0.29) is 10.8 Å². The van der Waals surface area contributed by atoms with E-state index in [1.807, 2.05) is 6.92 Å². The molecule has 0 spiro atoms. The van der Waals surface area contributed by atoms with Gasteiger partial charge in [-0.2, -0.15) is 0 Å². The third-order valence-electron chi connectivity index (χ3n) is 4.74. The summed E-state index contributed by atoms with van der Waals surface area (Å²) in [6.45, 7) is 3.49. The molecule has 0 saturated carbocycles. The predicted molar refractivity (Wildman–Crippen MR) is 97.9 cm³/mol. The Bertz CT molecular complexity index is 723. The van der Waals surface area contributed by atoms with E-state index in [1.54, 1.807) is 48.0 Å². The summed E-state index contributed by atoms with van der Waals surface area (Å²) in [4.78, 5) is 38.2. The fourth-order valence-electron chi connectivity index (χ4n) is 3.22. The predicted octanol–water partition coefficient (Wildman–Crippen LogP) is 2.02. The number of nitrogens with zero attached hydrogens (tertiary/aromatic N) is 1. The lowest BCUT2D eigenvalue weighted by Gasteiger charge is -2.29. The number of carbonyl (C=O) groups is 3. The van der Waals surface area contributed by atoms with E-state index in [2.05, 4.69) is 5.32 Å². The molecule has 0 unspecified atom stereocenters. The van der Waals surface area contributed by atoms with Gasteiger partial charge in [-0.3, -0.25) is 9.59 Å². The molecule has 1 N–H and O–H groups in total. The Kier molecular flexibility index (Phi) is 5.13. The maximum absolute atomic E-state index is 12.5. The number of hydrogen-bond acceptors (Lipinski definition) is 6. The minimum atomic E-state index is -0.959. The average Bonchev–Trinajstić information content (AvgIpc) is 3.11. The molecular weight excluding hydrogens is 356 g/mol. The van der Waals surface area contributed by atoms with Crippen molar-refractivity contribution in [2.24, 2.45) is 0 Å². The van der Waals surface area contributed by atoms with Crippen LogP contribution < -0.4 is 10.1 Å². The molecule has 2 saturated heterocycles. The maximum Gasteiger partial charge on any atom is 0.330 e. The molecule has 7 nitrogen and oxygen atoms in total. The van der Waals surface area contributed by atoms with Gasteiger partial charge in [-0.05, 0) is 44.5 Å². The lowest BCUT2D eigenvalue weighted by molar-refractivity contribution is -0.160. The van der Waals surface area contributed by atoms with Crippen LogP contribution in [0.2, 0.25) is 0 Å². The summed E-state index contributed by atoms with van der Waals surface area (Å²) in [5.74, 6) is 0.182. The summed E-state index contributed by atoms with van der Waals surface area (Å²) in [5.41, 5.74) is 0.581. The first-order valence-electron chi connectivity index (χ1n) is 8.45. The molecule has 0 bridgehead atoms. The molecule has 26 heavy (non-hydrogen) atoms. The maximum atomic E-state index is 12.5. The quantitative estimate of drug-likeness (QED) is 0.789. The summed E-state index contributed by atoms with van der Waals surface area (Å²) < 4.78 is 10.4. The molecule has 0 radical (unpaired) electrons. The number of anilines is 1. The second-order valence-corrected chi connectivity index (χ2v) is 8.06. The molecule has 2 aliphatic heterocycles. The summed E-state index contributed by atoms with van der Waals surface area (Å²) in [6.07, 6.45) is 0.216. The molecule has 3 atom stereocenters. The smallest absolute Gasteiger partial charge is 0.330 e. The Morgan fingerprint density at radius 2 is 2.04 bits per heavy atom. The SMILES string of the molecule is COc1ccc(NC(=O)[C@H](C)OC(=O)[C@H]2CS[C@@]3(C)CCC(=O)N23)cc1. The highest BCUT2D eigenvalue weighted by Crippen LogP contribution is 2.47. The highest BCUT2D eigenvalue weighted by molar-refractivity contribution is 8.01. The molecule has 3 rings (SSSR count). The Morgan fingerprint density at radius 3 is 2.69 bits per heavy atom. The summed E-state index contributed by atoms with van der Waals surface area (Å²) >= 11 is 1.59. The molecule has 2 aliphatic rings. The molecule has 2 fully saturated rings. The Morgan fingerprint density at radius 1 is 1.35 bits per heavy atom. The van der Waals surface area contributed by atoms with E-state index >= 15 is 0 Å². The number of benzene rings is 1. The first-order valence-corrected chi connectivity index (χ1v) is 9.44. The van der Waals surface area contributed by atoms with E-state index < -0.39 is 24.0 Å². The van der Waals surface area contributed by atoms with Crippen molar-refractivity contribution >= 4 is 35.2 Å². The van der Waals surface area contributed by atoms with Crippen LogP contribution in [-0.4, -0.2) is 52.6 Å². The van der Waals surface area contributed by atoms with Gasteiger partial charge in [0, 0.05) is 17.9 Å². The van der Waals surface area contributed by atoms with Gasteiger partial charge in [0.05, 0.1) is 12.0 Å². The van der Waals surface area contributed by atoms with Gasteiger partial charge in [0.1, 0.15) is 11.8 Å². The Labute approximate surface area is 156 Å². The van der Waals surface area contributed by atoms with Crippen molar-refractivity contribution in [1.82, 2.24) is 4.90 Å². The number of carbonyl (C=O) groups excluding carboxylic acids is 3. The first kappa shape index (κ1) is 18.6. The molecule has 2 amide bonds. The van der Waals surface area contributed by atoms with E-state index in [0.717, 1.165) is 6.42 Å². The number of esters is 1. The molecule has 8 heteroatoms. The van der Waals surface area contributed by atoms with Crippen LogP contribution in [0.15, 0.2) is 24.3 Å². The highest BCUT2D eigenvalue weighted by Gasteiger charge is 2.53. The lowest BCUT2D eigenvalue weighted by atomic mass is 10.2. The van der Waals surface area contributed by atoms with E-state index in [0.29, 0.717) is 23.6 Å². The van der Waals surface area contributed by atoms with Gasteiger partial charge in [-0.15, -0.1) is 11.8 Å². The van der Waals surface area contributed by atoms with Crippen LogP contribution in [0.1, 0.15) is 26.7 Å². The third-order valence-corrected chi connectivity index (χ3v) is 6.24. The molecule has 1 aromatic rings. The van der Waals surface area contributed by atoms with Crippen LogP contribution in [0.5, 0.6) is 5.75 Å². The molecule has 1 aromatic carbocycles. The number of hydrogen-bond donors (Lipinski definition) is 1. The van der Waals surface area contributed by atoms with Gasteiger partial charge >= 0.3 is 5.97 Å². The zero-order valence-corrected chi connectivity index (χ0v) is 15.8. The van der Waals surface area contributed by atoms with E-state index in [1.165, 1.54) is 6.92 Å². The van der Waals surface area contributed by atoms with E-state index in [9.17, 15) is 14.4 Å². The summed E-state index contributed by atoms with van der Waals surface area (Å²) in [5, 5.41) is 2.69. The number of amides is 2. The second kappa shape index (κ2) is 7.19. The van der Waals surface area contributed by atoms with Crippen molar-refractivity contribution in [1.29, 1.82) is 0 Å². The fourth-order valence-corrected chi connectivity index (χ4v) is 4.64. The summed E-state index contributed by atoms with van der Waals surface area (Å²) in [6, 6.07) is 6.22. The number of methoxy groups -OCH3 is 1. The molecule has 0 aromatic heterocycles. The van der Waals surface area contributed by atoms with Crippen LogP contribution in [0.4, 0.5) is 5.69 Å². The minimum absolute atomic E-state index is 0.0326. The van der Waals surface area contributed by atoms with Crippen LogP contribution in [0.25, 0.3) is 0 Å². The van der Waals surface area contributed by atoms with Crippen LogP contribution in [0, 0.1) is 0 Å². The molecular formula is C18H22N2O5S. The zero-order valence-electron chi connectivity index (χ0n) is 15.0. The highest BCUT2D eigenvalue weighted by atomic mass is 32.2. The Hall–Kier alpha value is -2.22. The topological polar surface area (TPSA) is 84.9 Å². The monoisotopic (exact) mass is 378 g/mol. The zero-order chi connectivity index (χ0) is 18.9. The Balaban J connectivity index is 1.58. The van der Waals surface area contributed by atoms with Gasteiger partial charge in [-0.25, -0.2) is 4.79 Å². The van der Waals surface area contributed by atoms with Gasteiger partial charge in [-0.1, -0.05) is 0 Å². The normalized spacial score (nSPS) is 25.6. The van der Waals surface area contributed by atoms with Crippen molar-refractivity contribution in [2.75, 3.05) is 18.2 Å². The van der Waals surface area contributed by atoms with Crippen molar-refractivity contribution in [3.63, 3.8) is 0 Å². The summed E-state index contributed by atoms with van der Waals surface area (Å²) in [7, 11) is 1.56. The molecule has 2 heterocycles. The van der Waals surface area contributed by atoms with Gasteiger partial charge in [0.15, 0.2) is 6.10 Å². The van der Waals surface area contributed by atoms with Gasteiger partial charge in [0.25, 0.3) is 5.91 Å².